The smallest absolute Gasteiger partial charge is 0.242 e. The third-order valence-corrected chi connectivity index (χ3v) is 26.1. The van der Waals surface area contributed by atoms with Crippen molar-refractivity contribution in [3.05, 3.63) is 358 Å². The van der Waals surface area contributed by atoms with Crippen molar-refractivity contribution in [3.63, 3.8) is 0 Å². The van der Waals surface area contributed by atoms with Gasteiger partial charge in [0.15, 0.2) is 0 Å². The second-order valence-corrected chi connectivity index (χ2v) is 30.9. The molecule has 110 heavy (non-hydrogen) atoms. The Morgan fingerprint density at radius 1 is 0.218 bits per heavy atom. The molecule has 0 spiro atoms. The summed E-state index contributed by atoms with van der Waals surface area (Å²) in [6.07, 6.45) is 13.7. The van der Waals surface area contributed by atoms with Crippen molar-refractivity contribution in [2.24, 2.45) is 0 Å². The van der Waals surface area contributed by atoms with Crippen molar-refractivity contribution in [1.82, 2.24) is 0 Å². The summed E-state index contributed by atoms with van der Waals surface area (Å²) in [5.74, 6) is 0. The van der Waals surface area contributed by atoms with Gasteiger partial charge in [0.25, 0.3) is 0 Å². The first-order valence-corrected chi connectivity index (χ1v) is 42.6. The number of nitrogens with zero attached hydrogens (tertiary/aromatic N) is 2. The molecule has 0 fully saturated rings. The average molecular weight is 1420 g/mol. The van der Waals surface area contributed by atoms with Crippen molar-refractivity contribution in [2.45, 2.75) is 167 Å². The number of hydrogen-bond acceptors (Lipinski definition) is 2. The van der Waals surface area contributed by atoms with Gasteiger partial charge in [-0.15, -0.1) is 0 Å². The lowest BCUT2D eigenvalue weighted by molar-refractivity contribution is 0.766. The van der Waals surface area contributed by atoms with Crippen LogP contribution in [-0.2, 0) is 77.0 Å². The van der Waals surface area contributed by atoms with E-state index in [0.717, 1.165) is 77.2 Å². The summed E-state index contributed by atoms with van der Waals surface area (Å²) < 4.78 is 0. The summed E-state index contributed by atoms with van der Waals surface area (Å²) in [5.41, 5.74) is 60.8. The topological polar surface area (TPSA) is 6.48 Å². The molecule has 0 unspecified atom stereocenters. The summed E-state index contributed by atoms with van der Waals surface area (Å²) in [4.78, 5) is 5.27. The lowest BCUT2D eigenvalue weighted by Gasteiger charge is -2.46. The van der Waals surface area contributed by atoms with Crippen molar-refractivity contribution in [2.75, 3.05) is 16.3 Å². The van der Waals surface area contributed by atoms with Crippen molar-refractivity contribution in [1.29, 1.82) is 0 Å². The molecule has 12 heterocycles. The summed E-state index contributed by atoms with van der Waals surface area (Å²) >= 11 is 0. The molecule has 0 aromatic heterocycles. The van der Waals surface area contributed by atoms with Gasteiger partial charge in [-0.05, 0) is 210 Å². The molecule has 13 aromatic rings. The van der Waals surface area contributed by atoms with E-state index in [4.69, 9.17) is 0 Å². The normalized spacial score (nSPS) is 14.7. The molecular formula is C104H102B4N2. The minimum atomic E-state index is 0.267. The lowest BCUT2D eigenvalue weighted by atomic mass is 9.27. The SMILES string of the molecule is CC.CC.CC.CC.CC.CC.c1ccc2c(c1)Cc1cccc3c1B2c1cc2c(cc1C3)Cc1cccc3c1B2c1cc2c4c(c1C3)Cc1cccc3c1N4c1c(cccc1C2)C3.c1ccc2c(c1)Cc1cccc3c1B2c1cc2c(cc1C3)Cc1cccc3c1B2c1ccc(N2CCCc4ccccc42)cc1C3. The quantitative estimate of drug-likeness (QED) is 0.151. The molecule has 0 radical (unpaired) electrons. The Hall–Kier alpha value is -10.3. The molecule has 12 aliphatic rings. The van der Waals surface area contributed by atoms with Gasteiger partial charge in [-0.1, -0.05) is 361 Å². The van der Waals surface area contributed by atoms with Crippen LogP contribution in [0.2, 0.25) is 0 Å². The number of benzene rings is 13. The molecule has 13 aromatic carbocycles. The molecule has 0 atom stereocenters. The molecule has 2 nitrogen and oxygen atoms in total. The summed E-state index contributed by atoms with van der Waals surface area (Å²) in [5, 5.41) is 0. The first-order valence-electron chi connectivity index (χ1n) is 42.6. The zero-order valence-electron chi connectivity index (χ0n) is 67.0. The maximum atomic E-state index is 2.72. The van der Waals surface area contributed by atoms with Crippen LogP contribution in [0.3, 0.4) is 0 Å². The molecule has 0 amide bonds. The Labute approximate surface area is 657 Å². The fourth-order valence-electron chi connectivity index (χ4n) is 22.3. The molecule has 0 saturated heterocycles. The predicted octanol–water partition coefficient (Wildman–Crippen LogP) is 16.1. The standard InChI is InChI=1S/C49H33B2N.C43H33B2N.6C2H6/c1-2-16-41-27(7-1)17-28-8-3-9-29-18-36-22-37-19-30-10-4-11-31-23-39-40-24-35-15-6-13-33-20-32-12-5-14-34-21-38(49(40)52(47(32)34)48(33)35)25-44(39)51(46(30)31)43(37)26-42(36)50(41)45(28)29;1-3-15-37-28(9-1)20-29-10-5-11-30-21-33-24-34-22-31-12-6-13-32-23-35-25-36(46-19-7-14-27-8-2-4-16-41(27)46)17-18-38(35)45(43(31)32)40(34)26-39(33)44(37)42(29)30;6*1-2/h1-16,22,25-26H,17-21,23-24H2;1-6,8-13,15-18,24-26H,7,14,19-23H2;6*1-2H3. The monoisotopic (exact) mass is 1420 g/mol. The maximum absolute atomic E-state index is 2.72. The number of rotatable bonds is 1. The van der Waals surface area contributed by atoms with E-state index in [2.05, 4.69) is 240 Å². The molecule has 0 N–H and O–H groups in total. The molecule has 6 heteroatoms. The second-order valence-electron chi connectivity index (χ2n) is 30.9. The van der Waals surface area contributed by atoms with E-state index < -0.39 is 0 Å². The van der Waals surface area contributed by atoms with Gasteiger partial charge in [-0.3, -0.25) is 0 Å². The molecule has 0 bridgehead atoms. The number of anilines is 5. The van der Waals surface area contributed by atoms with Gasteiger partial charge in [-0.25, -0.2) is 0 Å². The Bertz CT molecular complexity index is 5840. The zero-order chi connectivity index (χ0) is 75.3. The van der Waals surface area contributed by atoms with E-state index >= 15 is 0 Å². The lowest BCUT2D eigenvalue weighted by Crippen LogP contribution is -2.65. The van der Waals surface area contributed by atoms with Gasteiger partial charge in [0.1, 0.15) is 0 Å². The highest BCUT2D eigenvalue weighted by Gasteiger charge is 2.47. The Kier molecular flexibility index (Phi) is 18.9. The minimum absolute atomic E-state index is 0.267. The summed E-state index contributed by atoms with van der Waals surface area (Å²) in [6, 6.07) is 90.9. The number of aryl methyl sites for hydroxylation is 1. The molecule has 0 saturated carbocycles. The predicted molar refractivity (Wildman–Crippen MR) is 478 cm³/mol. The number of hydrogen-bond donors (Lipinski definition) is 0. The van der Waals surface area contributed by atoms with Gasteiger partial charge in [0.05, 0.1) is 17.1 Å². The highest BCUT2D eigenvalue weighted by Crippen LogP contribution is 2.56. The van der Waals surface area contributed by atoms with Crippen LogP contribution in [0.1, 0.15) is 217 Å². The molecule has 0 aliphatic carbocycles. The van der Waals surface area contributed by atoms with Gasteiger partial charge < -0.3 is 9.80 Å². The summed E-state index contributed by atoms with van der Waals surface area (Å²) in [6.45, 7) is 26.3. The van der Waals surface area contributed by atoms with Crippen molar-refractivity contribution >= 4 is 121 Å². The van der Waals surface area contributed by atoms with E-state index in [1.54, 1.807) is 65.9 Å². The maximum Gasteiger partial charge on any atom is 0.242 e. The highest BCUT2D eigenvalue weighted by atomic mass is 15.2. The van der Waals surface area contributed by atoms with Gasteiger partial charge in [0.2, 0.25) is 26.9 Å². The van der Waals surface area contributed by atoms with Crippen molar-refractivity contribution in [3.8, 4) is 0 Å². The Balaban J connectivity index is 0.000000137. The average Bonchev–Trinajstić information content (AvgIpc) is 0.687. The van der Waals surface area contributed by atoms with Crippen LogP contribution < -0.4 is 75.4 Å². The number of fused-ring (bicyclic) bond motifs is 18. The molecular weight excluding hydrogens is 1320 g/mol. The zero-order valence-corrected chi connectivity index (χ0v) is 67.0. The van der Waals surface area contributed by atoms with E-state index in [-0.39, 0.29) is 6.71 Å². The van der Waals surface area contributed by atoms with Gasteiger partial charge in [-0.2, -0.15) is 0 Å². The van der Waals surface area contributed by atoms with Crippen LogP contribution in [0.25, 0.3) is 0 Å². The highest BCUT2D eigenvalue weighted by molar-refractivity contribution is 7.01. The fourth-order valence-corrected chi connectivity index (χ4v) is 22.3. The third kappa shape index (κ3) is 10.9. The van der Waals surface area contributed by atoms with E-state index in [1.807, 2.05) is 83.1 Å². The third-order valence-electron chi connectivity index (χ3n) is 26.1. The Morgan fingerprint density at radius 3 is 0.982 bits per heavy atom. The first kappa shape index (κ1) is 71.3. The van der Waals surface area contributed by atoms with Gasteiger partial charge >= 0.3 is 0 Å². The number of para-hydroxylation sites is 3. The van der Waals surface area contributed by atoms with Crippen LogP contribution in [-0.4, -0.2) is 33.4 Å². The van der Waals surface area contributed by atoms with Crippen molar-refractivity contribution < 1.29 is 0 Å². The minimum Gasteiger partial charge on any atom is -0.341 e. The van der Waals surface area contributed by atoms with Crippen LogP contribution in [0.15, 0.2) is 231 Å². The Morgan fingerprint density at radius 2 is 0.536 bits per heavy atom. The van der Waals surface area contributed by atoms with Crippen LogP contribution in [0.4, 0.5) is 28.4 Å². The largest absolute Gasteiger partial charge is 0.341 e. The van der Waals surface area contributed by atoms with E-state index in [1.165, 1.54) is 169 Å². The van der Waals surface area contributed by atoms with Crippen LogP contribution >= 0.6 is 0 Å². The molecule has 540 valence electrons. The molecule has 12 aliphatic heterocycles. The van der Waals surface area contributed by atoms with Crippen LogP contribution in [0, 0.1) is 0 Å². The van der Waals surface area contributed by atoms with E-state index in [0.29, 0.717) is 20.1 Å². The second kappa shape index (κ2) is 29.2. The van der Waals surface area contributed by atoms with Crippen LogP contribution in [0.5, 0.6) is 0 Å². The van der Waals surface area contributed by atoms with E-state index in [9.17, 15) is 0 Å². The van der Waals surface area contributed by atoms with Gasteiger partial charge in [0, 0.05) is 37.2 Å². The molecule has 25 rings (SSSR count). The fraction of sp³-hybridized carbons (Fsp3) is 0.250. The summed E-state index contributed by atoms with van der Waals surface area (Å²) in [7, 11) is 0. The first-order chi connectivity index (χ1) is 54.5.